The van der Waals surface area contributed by atoms with E-state index < -0.39 is 0 Å². The Bertz CT molecular complexity index is 881. The van der Waals surface area contributed by atoms with Gasteiger partial charge in [0.25, 0.3) is 5.56 Å². The predicted molar refractivity (Wildman–Crippen MR) is 79.7 cm³/mol. The fourth-order valence-electron chi connectivity index (χ4n) is 3.43. The van der Waals surface area contributed by atoms with Gasteiger partial charge in [0.05, 0.1) is 18.8 Å². The second kappa shape index (κ2) is 4.50. The molecular weight excluding hydrogens is 284 g/mol. The summed E-state index contributed by atoms with van der Waals surface area (Å²) >= 11 is 0. The molecule has 0 unspecified atom stereocenters. The van der Waals surface area contributed by atoms with Crippen molar-refractivity contribution in [1.29, 1.82) is 0 Å². The third kappa shape index (κ3) is 1.60. The summed E-state index contributed by atoms with van der Waals surface area (Å²) < 4.78 is 14.0. The van der Waals surface area contributed by atoms with Crippen LogP contribution in [-0.4, -0.2) is 22.3 Å². The molecule has 0 aliphatic carbocycles. The Kier molecular flexibility index (Phi) is 2.69. The first-order chi connectivity index (χ1) is 10.6. The molecule has 0 amide bonds. The lowest BCUT2D eigenvalue weighted by atomic mass is 9.79. The summed E-state index contributed by atoms with van der Waals surface area (Å²) in [5.41, 5.74) is 0.877. The Morgan fingerprint density at radius 2 is 1.77 bits per heavy atom. The van der Waals surface area contributed by atoms with Crippen molar-refractivity contribution in [1.82, 2.24) is 9.13 Å². The molecule has 2 atom stereocenters. The number of hydrogen-bond donors (Lipinski definition) is 0. The Morgan fingerprint density at radius 1 is 1.05 bits per heavy atom. The average Bonchev–Trinajstić information content (AvgIpc) is 2.56. The van der Waals surface area contributed by atoms with E-state index in [2.05, 4.69) is 0 Å². The minimum absolute atomic E-state index is 0.0765. The summed E-state index contributed by atoms with van der Waals surface area (Å²) in [6, 6.07) is 7.74. The van der Waals surface area contributed by atoms with E-state index in [1.165, 1.54) is 11.6 Å². The first-order valence-corrected chi connectivity index (χ1v) is 7.24. The maximum Gasteiger partial charge on any atom is 0.333 e. The van der Waals surface area contributed by atoms with Gasteiger partial charge in [-0.15, -0.1) is 0 Å². The zero-order valence-electron chi connectivity index (χ0n) is 12.4. The highest BCUT2D eigenvalue weighted by molar-refractivity contribution is 5.47. The van der Waals surface area contributed by atoms with Crippen molar-refractivity contribution in [2.75, 3.05) is 13.2 Å². The van der Waals surface area contributed by atoms with E-state index in [0.717, 1.165) is 15.9 Å². The Labute approximate surface area is 126 Å². The molecule has 2 aliphatic rings. The molecule has 0 fully saturated rings. The smallest absolute Gasteiger partial charge is 0.333 e. The lowest BCUT2D eigenvalue weighted by Gasteiger charge is -2.37. The average molecular weight is 300 g/mol. The molecule has 0 N–H and O–H groups in total. The standard InChI is InChI=1S/C16H16N2O4/c1-17-14(19)13-12-9(8-22-15(13)18(2)16(17)20)7-21-11-6-4-3-5-10(11)12/h3-6,9,12H,7-8H2,1-2H3/t9-,12+/m1/s1. The van der Waals surface area contributed by atoms with Crippen LogP contribution in [-0.2, 0) is 14.1 Å². The fraction of sp³-hybridized carbons (Fsp3) is 0.375. The summed E-state index contributed by atoms with van der Waals surface area (Å²) in [6.07, 6.45) is 0. The highest BCUT2D eigenvalue weighted by Gasteiger charge is 2.41. The number of fused-ring (bicyclic) bond motifs is 5. The van der Waals surface area contributed by atoms with Gasteiger partial charge in [-0.05, 0) is 6.07 Å². The van der Waals surface area contributed by atoms with Gasteiger partial charge >= 0.3 is 5.69 Å². The molecular formula is C16H16N2O4. The number of aromatic nitrogens is 2. The zero-order chi connectivity index (χ0) is 15.4. The van der Waals surface area contributed by atoms with Crippen LogP contribution in [0.2, 0.25) is 0 Å². The van der Waals surface area contributed by atoms with Crippen LogP contribution in [0.25, 0.3) is 0 Å². The third-order valence-corrected chi connectivity index (χ3v) is 4.57. The summed E-state index contributed by atoms with van der Waals surface area (Å²) in [6.45, 7) is 0.944. The van der Waals surface area contributed by atoms with Gasteiger partial charge in [0.2, 0.25) is 5.88 Å². The number of nitrogens with zero attached hydrogens (tertiary/aromatic N) is 2. The van der Waals surface area contributed by atoms with E-state index in [-0.39, 0.29) is 23.1 Å². The van der Waals surface area contributed by atoms with Crippen molar-refractivity contribution in [3.8, 4) is 11.6 Å². The summed E-state index contributed by atoms with van der Waals surface area (Å²) in [7, 11) is 3.13. The molecule has 22 heavy (non-hydrogen) atoms. The highest BCUT2D eigenvalue weighted by Crippen LogP contribution is 2.45. The second-order valence-electron chi connectivity index (χ2n) is 5.82. The minimum atomic E-state index is -0.373. The number of hydrogen-bond acceptors (Lipinski definition) is 4. The largest absolute Gasteiger partial charge is 0.493 e. The molecule has 6 heteroatoms. The van der Waals surface area contributed by atoms with Crippen molar-refractivity contribution in [2.45, 2.75) is 5.92 Å². The topological polar surface area (TPSA) is 62.5 Å². The van der Waals surface area contributed by atoms with Crippen LogP contribution in [0.4, 0.5) is 0 Å². The molecule has 0 saturated heterocycles. The van der Waals surface area contributed by atoms with E-state index in [9.17, 15) is 9.59 Å². The third-order valence-electron chi connectivity index (χ3n) is 4.57. The molecule has 2 aliphatic heterocycles. The van der Waals surface area contributed by atoms with Crippen LogP contribution in [0.3, 0.4) is 0 Å². The van der Waals surface area contributed by atoms with Crippen molar-refractivity contribution in [2.24, 2.45) is 20.0 Å². The quantitative estimate of drug-likeness (QED) is 0.715. The van der Waals surface area contributed by atoms with Crippen LogP contribution in [0.1, 0.15) is 17.0 Å². The van der Waals surface area contributed by atoms with Crippen molar-refractivity contribution in [3.05, 3.63) is 56.2 Å². The van der Waals surface area contributed by atoms with Crippen LogP contribution < -0.4 is 20.7 Å². The Hall–Kier alpha value is -2.50. The molecule has 3 heterocycles. The number of benzene rings is 1. The first-order valence-electron chi connectivity index (χ1n) is 7.24. The minimum Gasteiger partial charge on any atom is -0.493 e. The van der Waals surface area contributed by atoms with Gasteiger partial charge in [0, 0.05) is 31.5 Å². The first kappa shape index (κ1) is 13.2. The lowest BCUT2D eigenvalue weighted by molar-refractivity contribution is 0.116. The molecule has 114 valence electrons. The zero-order valence-corrected chi connectivity index (χ0v) is 12.4. The summed E-state index contributed by atoms with van der Waals surface area (Å²) in [5, 5.41) is 0. The van der Waals surface area contributed by atoms with Crippen LogP contribution in [0.5, 0.6) is 11.6 Å². The monoisotopic (exact) mass is 300 g/mol. The predicted octanol–water partition coefficient (Wildman–Crippen LogP) is 0.617. The Morgan fingerprint density at radius 3 is 2.59 bits per heavy atom. The van der Waals surface area contributed by atoms with Gasteiger partial charge in [0.1, 0.15) is 5.75 Å². The summed E-state index contributed by atoms with van der Waals surface area (Å²) in [4.78, 5) is 24.8. The number of para-hydroxylation sites is 1. The number of ether oxygens (including phenoxy) is 2. The van der Waals surface area contributed by atoms with Crippen molar-refractivity contribution in [3.63, 3.8) is 0 Å². The van der Waals surface area contributed by atoms with Crippen LogP contribution >= 0.6 is 0 Å². The highest BCUT2D eigenvalue weighted by atomic mass is 16.5. The SMILES string of the molecule is Cn1c2c(c(=O)n(C)c1=O)[C@@H]1c3ccccc3OC[C@@H]1CO2. The molecule has 0 radical (unpaired) electrons. The molecule has 1 aromatic carbocycles. The van der Waals surface area contributed by atoms with Gasteiger partial charge in [-0.3, -0.25) is 13.9 Å². The lowest BCUT2D eigenvalue weighted by Crippen LogP contribution is -2.46. The molecule has 0 bridgehead atoms. The maximum atomic E-state index is 12.7. The van der Waals surface area contributed by atoms with Gasteiger partial charge in [-0.2, -0.15) is 0 Å². The molecule has 0 spiro atoms. The molecule has 6 nitrogen and oxygen atoms in total. The Balaban J connectivity index is 2.05. The van der Waals surface area contributed by atoms with Gasteiger partial charge in [-0.25, -0.2) is 4.79 Å². The van der Waals surface area contributed by atoms with Crippen molar-refractivity contribution >= 4 is 0 Å². The van der Waals surface area contributed by atoms with Crippen LogP contribution in [0.15, 0.2) is 33.9 Å². The molecule has 4 rings (SSSR count). The van der Waals surface area contributed by atoms with E-state index in [1.807, 2.05) is 24.3 Å². The van der Waals surface area contributed by atoms with E-state index in [4.69, 9.17) is 9.47 Å². The van der Waals surface area contributed by atoms with Gasteiger partial charge < -0.3 is 9.47 Å². The van der Waals surface area contributed by atoms with Crippen molar-refractivity contribution < 1.29 is 9.47 Å². The van der Waals surface area contributed by atoms with Gasteiger partial charge in [0.15, 0.2) is 0 Å². The molecule has 2 aromatic rings. The van der Waals surface area contributed by atoms with E-state index >= 15 is 0 Å². The maximum absolute atomic E-state index is 12.7. The normalized spacial score (nSPS) is 21.9. The molecule has 1 aromatic heterocycles. The molecule has 0 saturated carbocycles. The van der Waals surface area contributed by atoms with E-state index in [1.54, 1.807) is 7.05 Å². The number of rotatable bonds is 0. The fourth-order valence-corrected chi connectivity index (χ4v) is 3.43. The van der Waals surface area contributed by atoms with E-state index in [0.29, 0.717) is 24.7 Å². The van der Waals surface area contributed by atoms with Gasteiger partial charge in [-0.1, -0.05) is 18.2 Å². The second-order valence-corrected chi connectivity index (χ2v) is 5.82. The summed E-state index contributed by atoms with van der Waals surface area (Å²) in [5.74, 6) is 1.16. The van der Waals surface area contributed by atoms with Crippen LogP contribution in [0, 0.1) is 5.92 Å².